The second kappa shape index (κ2) is 3.16. The molecule has 0 heterocycles. The average molecular weight is 303 g/mol. The number of fused-ring (bicyclic) bond motifs is 1. The van der Waals surface area contributed by atoms with Crippen molar-refractivity contribution in [2.45, 2.75) is 17.9 Å². The molecule has 88 valence electrons. The summed E-state index contributed by atoms with van der Waals surface area (Å²) in [4.78, 5) is 0. The standard InChI is InChI=1S/C9H4BrF5O/c10-6-4(11)2-1-3-5(6)7(16)9(14,15)8(3,12)13/h1-2,7,16H. The van der Waals surface area contributed by atoms with Crippen LogP contribution in [0.4, 0.5) is 22.0 Å². The van der Waals surface area contributed by atoms with Crippen molar-refractivity contribution in [3.05, 3.63) is 33.5 Å². The van der Waals surface area contributed by atoms with Crippen LogP contribution in [0.5, 0.6) is 0 Å². The molecule has 16 heavy (non-hydrogen) atoms. The van der Waals surface area contributed by atoms with Gasteiger partial charge in [-0.25, -0.2) is 4.39 Å². The van der Waals surface area contributed by atoms with Crippen molar-refractivity contribution in [1.82, 2.24) is 0 Å². The van der Waals surface area contributed by atoms with Gasteiger partial charge in [0.1, 0.15) is 5.82 Å². The summed E-state index contributed by atoms with van der Waals surface area (Å²) in [6, 6.07) is 1.20. The molecule has 1 aliphatic rings. The molecule has 0 amide bonds. The summed E-state index contributed by atoms with van der Waals surface area (Å²) in [5.41, 5.74) is -1.85. The van der Waals surface area contributed by atoms with Gasteiger partial charge in [-0.3, -0.25) is 0 Å². The van der Waals surface area contributed by atoms with Crippen molar-refractivity contribution >= 4 is 15.9 Å². The van der Waals surface area contributed by atoms with Crippen molar-refractivity contribution < 1.29 is 27.1 Å². The summed E-state index contributed by atoms with van der Waals surface area (Å²) in [7, 11) is 0. The highest BCUT2D eigenvalue weighted by Crippen LogP contribution is 2.59. The summed E-state index contributed by atoms with van der Waals surface area (Å²) in [6.45, 7) is 0. The van der Waals surface area contributed by atoms with E-state index in [-0.39, 0.29) is 0 Å². The fraction of sp³-hybridized carbons (Fsp3) is 0.333. The van der Waals surface area contributed by atoms with Gasteiger partial charge in [0.2, 0.25) is 0 Å². The van der Waals surface area contributed by atoms with Gasteiger partial charge in [-0.15, -0.1) is 0 Å². The van der Waals surface area contributed by atoms with Crippen molar-refractivity contribution in [2.24, 2.45) is 0 Å². The second-order valence-corrected chi connectivity index (χ2v) is 4.22. The summed E-state index contributed by atoms with van der Waals surface area (Å²) < 4.78 is 65.0. The van der Waals surface area contributed by atoms with Gasteiger partial charge in [0, 0.05) is 11.1 Å². The van der Waals surface area contributed by atoms with Gasteiger partial charge in [0.05, 0.1) is 4.47 Å². The third kappa shape index (κ3) is 1.18. The Kier molecular flexibility index (Phi) is 2.33. The van der Waals surface area contributed by atoms with Crippen LogP contribution in [-0.4, -0.2) is 11.0 Å². The summed E-state index contributed by atoms with van der Waals surface area (Å²) in [5, 5.41) is 9.12. The first-order chi connectivity index (χ1) is 7.21. The van der Waals surface area contributed by atoms with E-state index in [4.69, 9.17) is 5.11 Å². The van der Waals surface area contributed by atoms with E-state index in [0.717, 1.165) is 0 Å². The maximum Gasteiger partial charge on any atom is 0.343 e. The smallest absolute Gasteiger partial charge is 0.343 e. The first-order valence-corrected chi connectivity index (χ1v) is 4.92. The normalized spacial score (nSPS) is 25.6. The lowest BCUT2D eigenvalue weighted by molar-refractivity contribution is -0.246. The zero-order valence-electron chi connectivity index (χ0n) is 7.45. The second-order valence-electron chi connectivity index (χ2n) is 3.42. The van der Waals surface area contributed by atoms with Crippen molar-refractivity contribution in [3.8, 4) is 0 Å². The van der Waals surface area contributed by atoms with Crippen LogP contribution < -0.4 is 0 Å². The Morgan fingerprint density at radius 2 is 1.75 bits per heavy atom. The zero-order chi connectivity index (χ0) is 12.3. The Labute approximate surface area is 95.0 Å². The molecule has 1 aromatic carbocycles. The molecule has 7 heteroatoms. The molecule has 0 saturated carbocycles. The minimum absolute atomic E-state index is 0.555. The van der Waals surface area contributed by atoms with E-state index in [1.54, 1.807) is 0 Å². The summed E-state index contributed by atoms with van der Waals surface area (Å²) >= 11 is 2.57. The molecule has 0 saturated heterocycles. The molecule has 2 rings (SSSR count). The van der Waals surface area contributed by atoms with E-state index in [1.807, 2.05) is 0 Å². The van der Waals surface area contributed by atoms with Gasteiger partial charge >= 0.3 is 11.8 Å². The Balaban J connectivity index is 2.77. The van der Waals surface area contributed by atoms with Gasteiger partial charge in [-0.2, -0.15) is 17.6 Å². The van der Waals surface area contributed by atoms with Crippen molar-refractivity contribution in [1.29, 1.82) is 0 Å². The molecular weight excluding hydrogens is 299 g/mol. The van der Waals surface area contributed by atoms with Crippen LogP contribution in [0.15, 0.2) is 16.6 Å². The number of alkyl halides is 4. The zero-order valence-corrected chi connectivity index (χ0v) is 9.03. The minimum Gasteiger partial charge on any atom is -0.382 e. The van der Waals surface area contributed by atoms with E-state index in [2.05, 4.69) is 15.9 Å². The fourth-order valence-corrected chi connectivity index (χ4v) is 2.20. The molecule has 0 fully saturated rings. The minimum atomic E-state index is -4.63. The third-order valence-electron chi connectivity index (χ3n) is 2.51. The van der Waals surface area contributed by atoms with E-state index < -0.39 is 39.4 Å². The molecule has 1 atom stereocenters. The van der Waals surface area contributed by atoms with Crippen LogP contribution in [0.2, 0.25) is 0 Å². The molecular formula is C9H4BrF5O. The molecule has 0 bridgehead atoms. The molecule has 1 unspecified atom stereocenters. The third-order valence-corrected chi connectivity index (χ3v) is 3.31. The largest absolute Gasteiger partial charge is 0.382 e. The SMILES string of the molecule is OC1c2c(ccc(F)c2Br)C(F)(F)C1(F)F. The quantitative estimate of drug-likeness (QED) is 0.729. The van der Waals surface area contributed by atoms with Crippen LogP contribution in [-0.2, 0) is 5.92 Å². The monoisotopic (exact) mass is 302 g/mol. The Hall–Kier alpha value is -0.690. The first kappa shape index (κ1) is 11.8. The van der Waals surface area contributed by atoms with Gasteiger partial charge in [0.25, 0.3) is 0 Å². The van der Waals surface area contributed by atoms with Crippen molar-refractivity contribution in [3.63, 3.8) is 0 Å². The highest BCUT2D eigenvalue weighted by Gasteiger charge is 2.69. The molecule has 1 N–H and O–H groups in total. The number of halogens is 6. The highest BCUT2D eigenvalue weighted by atomic mass is 79.9. The maximum atomic E-state index is 13.2. The molecule has 0 radical (unpaired) electrons. The first-order valence-electron chi connectivity index (χ1n) is 4.13. The van der Waals surface area contributed by atoms with Crippen LogP contribution in [0, 0.1) is 5.82 Å². The number of benzene rings is 1. The Bertz CT molecular complexity index is 459. The molecule has 1 aromatic rings. The molecule has 0 spiro atoms. The number of hydrogen-bond acceptors (Lipinski definition) is 1. The number of aliphatic hydroxyl groups excluding tert-OH is 1. The maximum absolute atomic E-state index is 13.2. The lowest BCUT2D eigenvalue weighted by atomic mass is 10.1. The van der Waals surface area contributed by atoms with E-state index >= 15 is 0 Å². The lowest BCUT2D eigenvalue weighted by Gasteiger charge is -2.21. The number of aliphatic hydroxyl groups is 1. The molecule has 0 aromatic heterocycles. The van der Waals surface area contributed by atoms with Gasteiger partial charge in [-0.05, 0) is 28.1 Å². The fourth-order valence-electron chi connectivity index (χ4n) is 1.64. The van der Waals surface area contributed by atoms with Crippen LogP contribution in [0.3, 0.4) is 0 Å². The van der Waals surface area contributed by atoms with E-state index in [1.165, 1.54) is 0 Å². The Morgan fingerprint density at radius 1 is 1.19 bits per heavy atom. The highest BCUT2D eigenvalue weighted by molar-refractivity contribution is 9.10. The number of hydrogen-bond donors (Lipinski definition) is 1. The summed E-state index contributed by atoms with van der Waals surface area (Å²) in [5.74, 6) is -10.1. The predicted molar refractivity (Wildman–Crippen MR) is 47.9 cm³/mol. The lowest BCUT2D eigenvalue weighted by Crippen LogP contribution is -2.36. The van der Waals surface area contributed by atoms with Gasteiger partial charge < -0.3 is 5.11 Å². The van der Waals surface area contributed by atoms with Crippen LogP contribution in [0.1, 0.15) is 17.2 Å². The molecule has 0 aliphatic heterocycles. The predicted octanol–water partition coefficient (Wildman–Crippen LogP) is 3.36. The van der Waals surface area contributed by atoms with Crippen LogP contribution in [0.25, 0.3) is 0 Å². The molecule has 1 aliphatic carbocycles. The average Bonchev–Trinajstić information content (AvgIpc) is 2.32. The van der Waals surface area contributed by atoms with Gasteiger partial charge in [0.15, 0.2) is 6.10 Å². The number of rotatable bonds is 0. The molecule has 1 nitrogen and oxygen atoms in total. The van der Waals surface area contributed by atoms with Gasteiger partial charge in [-0.1, -0.05) is 0 Å². The Morgan fingerprint density at radius 3 is 2.31 bits per heavy atom. The topological polar surface area (TPSA) is 20.2 Å². The van der Waals surface area contributed by atoms with E-state index in [0.29, 0.717) is 12.1 Å². The van der Waals surface area contributed by atoms with Crippen LogP contribution >= 0.6 is 15.9 Å². The van der Waals surface area contributed by atoms with Crippen molar-refractivity contribution in [2.75, 3.05) is 0 Å². The summed E-state index contributed by atoms with van der Waals surface area (Å²) in [6.07, 6.45) is -2.72. The van der Waals surface area contributed by atoms with E-state index in [9.17, 15) is 22.0 Å².